The number of imidazole rings is 1. The Labute approximate surface area is 77.8 Å². The van der Waals surface area contributed by atoms with Crippen LogP contribution in [0, 0.1) is 5.92 Å². The van der Waals surface area contributed by atoms with Gasteiger partial charge in [-0.3, -0.25) is 4.79 Å². The molecule has 72 valence electrons. The van der Waals surface area contributed by atoms with E-state index >= 15 is 0 Å². The van der Waals surface area contributed by atoms with Crippen molar-refractivity contribution in [3.8, 4) is 0 Å². The van der Waals surface area contributed by atoms with Crippen LogP contribution in [0.5, 0.6) is 0 Å². The normalized spacial score (nSPS) is 10.4. The fraction of sp³-hybridized carbons (Fsp3) is 0.556. The number of aromatic amines is 1. The lowest BCUT2D eigenvalue weighted by atomic mass is 10.1. The first kappa shape index (κ1) is 9.77. The van der Waals surface area contributed by atoms with Crippen molar-refractivity contribution in [2.45, 2.75) is 26.8 Å². The van der Waals surface area contributed by atoms with Crippen molar-refractivity contribution in [3.63, 3.8) is 0 Å². The molecule has 1 rings (SSSR count). The molecule has 0 aliphatic rings. The summed E-state index contributed by atoms with van der Waals surface area (Å²) in [4.78, 5) is 18.1. The summed E-state index contributed by atoms with van der Waals surface area (Å²) in [5.41, 5.74) is 0. The second kappa shape index (κ2) is 4.64. The van der Waals surface area contributed by atoms with Crippen LogP contribution < -0.4 is 5.32 Å². The molecule has 2 N–H and O–H groups in total. The quantitative estimate of drug-likeness (QED) is 0.730. The first-order valence-electron chi connectivity index (χ1n) is 4.43. The van der Waals surface area contributed by atoms with E-state index in [0.29, 0.717) is 18.9 Å². The molecule has 0 aromatic carbocycles. The summed E-state index contributed by atoms with van der Waals surface area (Å²) in [6, 6.07) is 0. The molecule has 0 radical (unpaired) electrons. The summed E-state index contributed by atoms with van der Waals surface area (Å²) in [6.45, 7) is 4.53. The highest BCUT2D eigenvalue weighted by atomic mass is 16.1. The summed E-state index contributed by atoms with van der Waals surface area (Å²) < 4.78 is 0. The summed E-state index contributed by atoms with van der Waals surface area (Å²) in [5.74, 6) is 1.26. The van der Waals surface area contributed by atoms with Crippen LogP contribution in [-0.2, 0) is 11.3 Å². The SMILES string of the molecule is CC(C)CC(=O)NCc1ncc[nH]1. The summed E-state index contributed by atoms with van der Waals surface area (Å²) in [7, 11) is 0. The Hall–Kier alpha value is -1.32. The maximum atomic E-state index is 11.2. The van der Waals surface area contributed by atoms with E-state index in [9.17, 15) is 4.79 Å². The van der Waals surface area contributed by atoms with Crippen LogP contribution in [0.3, 0.4) is 0 Å². The Balaban J connectivity index is 2.23. The van der Waals surface area contributed by atoms with E-state index in [2.05, 4.69) is 15.3 Å². The van der Waals surface area contributed by atoms with Crippen LogP contribution >= 0.6 is 0 Å². The zero-order valence-corrected chi connectivity index (χ0v) is 8.00. The Kier molecular flexibility index (Phi) is 3.49. The Morgan fingerprint density at radius 1 is 1.69 bits per heavy atom. The maximum Gasteiger partial charge on any atom is 0.220 e. The van der Waals surface area contributed by atoms with Gasteiger partial charge in [-0.05, 0) is 5.92 Å². The second-order valence-electron chi connectivity index (χ2n) is 3.41. The molecule has 0 saturated heterocycles. The number of hydrogen-bond donors (Lipinski definition) is 2. The summed E-state index contributed by atoms with van der Waals surface area (Å²) in [6.07, 6.45) is 3.98. The average Bonchev–Trinajstić information content (AvgIpc) is 2.51. The van der Waals surface area contributed by atoms with Crippen molar-refractivity contribution in [2.75, 3.05) is 0 Å². The molecule has 0 unspecified atom stereocenters. The Bertz CT molecular complexity index is 254. The van der Waals surface area contributed by atoms with Crippen LogP contribution in [0.2, 0.25) is 0 Å². The third-order valence-electron chi connectivity index (χ3n) is 1.60. The molecule has 1 aromatic rings. The van der Waals surface area contributed by atoms with E-state index in [-0.39, 0.29) is 5.91 Å². The molecule has 0 aliphatic carbocycles. The lowest BCUT2D eigenvalue weighted by molar-refractivity contribution is -0.121. The number of carbonyl (C=O) groups excluding carboxylic acids is 1. The standard InChI is InChI=1S/C9H15N3O/c1-7(2)5-9(13)12-6-8-10-3-4-11-8/h3-4,7H,5-6H2,1-2H3,(H,10,11)(H,12,13). The van der Waals surface area contributed by atoms with Gasteiger partial charge in [-0.1, -0.05) is 13.8 Å². The predicted octanol–water partition coefficient (Wildman–Crippen LogP) is 1.07. The number of nitrogens with zero attached hydrogens (tertiary/aromatic N) is 1. The van der Waals surface area contributed by atoms with Gasteiger partial charge >= 0.3 is 0 Å². The fourth-order valence-corrected chi connectivity index (χ4v) is 1.02. The minimum Gasteiger partial charge on any atom is -0.349 e. The maximum absolute atomic E-state index is 11.2. The van der Waals surface area contributed by atoms with E-state index in [4.69, 9.17) is 0 Å². The molecule has 0 bridgehead atoms. The minimum absolute atomic E-state index is 0.0754. The van der Waals surface area contributed by atoms with Crippen LogP contribution in [0.25, 0.3) is 0 Å². The number of amides is 1. The van der Waals surface area contributed by atoms with Crippen molar-refractivity contribution in [1.82, 2.24) is 15.3 Å². The third-order valence-corrected chi connectivity index (χ3v) is 1.60. The Morgan fingerprint density at radius 2 is 2.46 bits per heavy atom. The predicted molar refractivity (Wildman–Crippen MR) is 49.9 cm³/mol. The fourth-order valence-electron chi connectivity index (χ4n) is 1.02. The van der Waals surface area contributed by atoms with Crippen LogP contribution in [0.15, 0.2) is 12.4 Å². The third kappa shape index (κ3) is 3.73. The summed E-state index contributed by atoms with van der Waals surface area (Å²) in [5, 5.41) is 2.78. The molecule has 0 fully saturated rings. The molecule has 0 atom stereocenters. The van der Waals surface area contributed by atoms with Crippen molar-refractivity contribution >= 4 is 5.91 Å². The highest BCUT2D eigenvalue weighted by molar-refractivity contribution is 5.75. The van der Waals surface area contributed by atoms with Gasteiger partial charge in [0.25, 0.3) is 0 Å². The first-order chi connectivity index (χ1) is 6.18. The number of rotatable bonds is 4. The molecule has 13 heavy (non-hydrogen) atoms. The van der Waals surface area contributed by atoms with E-state index in [1.807, 2.05) is 13.8 Å². The van der Waals surface area contributed by atoms with Crippen molar-refractivity contribution < 1.29 is 4.79 Å². The molecule has 0 saturated carbocycles. The zero-order valence-electron chi connectivity index (χ0n) is 8.00. The molecular formula is C9H15N3O. The van der Waals surface area contributed by atoms with Crippen molar-refractivity contribution in [2.24, 2.45) is 5.92 Å². The largest absolute Gasteiger partial charge is 0.349 e. The number of hydrogen-bond acceptors (Lipinski definition) is 2. The second-order valence-corrected chi connectivity index (χ2v) is 3.41. The Morgan fingerprint density at radius 3 is 3.00 bits per heavy atom. The number of carbonyl (C=O) groups is 1. The molecular weight excluding hydrogens is 166 g/mol. The van der Waals surface area contributed by atoms with Gasteiger partial charge in [-0.2, -0.15) is 0 Å². The monoisotopic (exact) mass is 181 g/mol. The lowest BCUT2D eigenvalue weighted by Gasteiger charge is -2.04. The highest BCUT2D eigenvalue weighted by Gasteiger charge is 2.04. The van der Waals surface area contributed by atoms with Crippen molar-refractivity contribution in [1.29, 1.82) is 0 Å². The van der Waals surface area contributed by atoms with Gasteiger partial charge in [0.1, 0.15) is 5.82 Å². The van der Waals surface area contributed by atoms with Gasteiger partial charge in [0, 0.05) is 18.8 Å². The summed E-state index contributed by atoms with van der Waals surface area (Å²) >= 11 is 0. The minimum atomic E-state index is 0.0754. The van der Waals surface area contributed by atoms with E-state index in [1.165, 1.54) is 0 Å². The number of H-pyrrole nitrogens is 1. The van der Waals surface area contributed by atoms with Crippen LogP contribution in [0.1, 0.15) is 26.1 Å². The molecule has 0 spiro atoms. The zero-order chi connectivity index (χ0) is 9.68. The molecule has 1 amide bonds. The first-order valence-corrected chi connectivity index (χ1v) is 4.43. The van der Waals surface area contributed by atoms with E-state index in [0.717, 1.165) is 5.82 Å². The lowest BCUT2D eigenvalue weighted by Crippen LogP contribution is -2.24. The molecule has 1 heterocycles. The van der Waals surface area contributed by atoms with E-state index < -0.39 is 0 Å². The number of nitrogens with one attached hydrogen (secondary N) is 2. The smallest absolute Gasteiger partial charge is 0.220 e. The van der Waals surface area contributed by atoms with Gasteiger partial charge in [0.2, 0.25) is 5.91 Å². The topological polar surface area (TPSA) is 57.8 Å². The molecule has 4 heteroatoms. The van der Waals surface area contributed by atoms with Gasteiger partial charge in [0.05, 0.1) is 6.54 Å². The van der Waals surface area contributed by atoms with Gasteiger partial charge < -0.3 is 10.3 Å². The average molecular weight is 181 g/mol. The van der Waals surface area contributed by atoms with Gasteiger partial charge in [-0.15, -0.1) is 0 Å². The molecule has 0 aliphatic heterocycles. The van der Waals surface area contributed by atoms with Crippen LogP contribution in [0.4, 0.5) is 0 Å². The van der Waals surface area contributed by atoms with Crippen molar-refractivity contribution in [3.05, 3.63) is 18.2 Å². The van der Waals surface area contributed by atoms with Gasteiger partial charge in [0.15, 0.2) is 0 Å². The number of aromatic nitrogens is 2. The van der Waals surface area contributed by atoms with Crippen LogP contribution in [-0.4, -0.2) is 15.9 Å². The van der Waals surface area contributed by atoms with Gasteiger partial charge in [-0.25, -0.2) is 4.98 Å². The van der Waals surface area contributed by atoms with E-state index in [1.54, 1.807) is 12.4 Å². The molecule has 4 nitrogen and oxygen atoms in total. The molecule has 1 aromatic heterocycles. The highest BCUT2D eigenvalue weighted by Crippen LogP contribution is 1.98.